The van der Waals surface area contributed by atoms with Gasteiger partial charge in [0.15, 0.2) is 0 Å². The average molecular weight is 294 g/mol. The maximum Gasteiger partial charge on any atom is 0.130 e. The summed E-state index contributed by atoms with van der Waals surface area (Å²) in [7, 11) is 0. The zero-order valence-corrected chi connectivity index (χ0v) is 12.6. The van der Waals surface area contributed by atoms with Crippen molar-refractivity contribution in [3.63, 3.8) is 0 Å². The number of imidazole rings is 1. The van der Waals surface area contributed by atoms with Crippen LogP contribution in [0.4, 0.5) is 0 Å². The highest BCUT2D eigenvalue weighted by molar-refractivity contribution is 6.30. The third-order valence-corrected chi connectivity index (χ3v) is 3.34. The number of rotatable bonds is 6. The van der Waals surface area contributed by atoms with Crippen LogP contribution in [0.3, 0.4) is 0 Å². The number of aromatic nitrogens is 2. The summed E-state index contributed by atoms with van der Waals surface area (Å²) in [5.74, 6) is 0.772. The van der Waals surface area contributed by atoms with E-state index in [0.717, 1.165) is 30.0 Å². The summed E-state index contributed by atoms with van der Waals surface area (Å²) in [5.41, 5.74) is 7.92. The molecule has 1 heterocycles. The van der Waals surface area contributed by atoms with Crippen LogP contribution < -0.4 is 10.5 Å². The summed E-state index contributed by atoms with van der Waals surface area (Å²) >= 11 is 6.00. The SMILES string of the molecule is CCCn1cncc1COc1ccc(Cl)cc1[C@@H](C)N. The van der Waals surface area contributed by atoms with Crippen LogP contribution in [0.25, 0.3) is 0 Å². The van der Waals surface area contributed by atoms with Crippen molar-refractivity contribution in [2.75, 3.05) is 0 Å². The molecule has 5 heteroatoms. The molecule has 0 radical (unpaired) electrons. The highest BCUT2D eigenvalue weighted by Gasteiger charge is 2.10. The average Bonchev–Trinajstić information content (AvgIpc) is 2.85. The van der Waals surface area contributed by atoms with Crippen LogP contribution in [-0.4, -0.2) is 9.55 Å². The fourth-order valence-electron chi connectivity index (χ4n) is 2.07. The maximum atomic E-state index is 6.00. The molecule has 0 aliphatic heterocycles. The number of benzene rings is 1. The number of ether oxygens (including phenoxy) is 1. The van der Waals surface area contributed by atoms with E-state index in [-0.39, 0.29) is 6.04 Å². The van der Waals surface area contributed by atoms with E-state index in [9.17, 15) is 0 Å². The van der Waals surface area contributed by atoms with Crippen molar-refractivity contribution >= 4 is 11.6 Å². The fraction of sp³-hybridized carbons (Fsp3) is 0.400. The summed E-state index contributed by atoms with van der Waals surface area (Å²) in [6, 6.07) is 5.41. The van der Waals surface area contributed by atoms with Crippen molar-refractivity contribution in [1.82, 2.24) is 9.55 Å². The minimum absolute atomic E-state index is 0.121. The molecule has 0 aliphatic rings. The molecule has 0 bridgehead atoms. The minimum Gasteiger partial charge on any atom is -0.487 e. The van der Waals surface area contributed by atoms with Gasteiger partial charge in [-0.1, -0.05) is 18.5 Å². The Hall–Kier alpha value is -1.52. The predicted molar refractivity (Wildman–Crippen MR) is 80.9 cm³/mol. The summed E-state index contributed by atoms with van der Waals surface area (Å²) in [5, 5.41) is 0.667. The zero-order valence-electron chi connectivity index (χ0n) is 11.8. The Morgan fingerprint density at radius 3 is 2.95 bits per heavy atom. The molecule has 1 aromatic carbocycles. The van der Waals surface area contributed by atoms with Gasteiger partial charge in [0.25, 0.3) is 0 Å². The lowest BCUT2D eigenvalue weighted by Crippen LogP contribution is -2.10. The normalized spacial score (nSPS) is 12.4. The molecule has 20 heavy (non-hydrogen) atoms. The molecule has 2 N–H and O–H groups in total. The van der Waals surface area contributed by atoms with Gasteiger partial charge in [-0.15, -0.1) is 0 Å². The monoisotopic (exact) mass is 293 g/mol. The first-order chi connectivity index (χ1) is 9.61. The van der Waals surface area contributed by atoms with Gasteiger partial charge in [0, 0.05) is 23.2 Å². The van der Waals surface area contributed by atoms with Gasteiger partial charge in [-0.3, -0.25) is 0 Å². The van der Waals surface area contributed by atoms with Crippen LogP contribution in [0.15, 0.2) is 30.7 Å². The predicted octanol–water partition coefficient (Wildman–Crippen LogP) is 3.55. The fourth-order valence-corrected chi connectivity index (χ4v) is 2.25. The van der Waals surface area contributed by atoms with Gasteiger partial charge in [0.1, 0.15) is 12.4 Å². The van der Waals surface area contributed by atoms with Crippen molar-refractivity contribution in [3.05, 3.63) is 47.0 Å². The molecule has 0 amide bonds. The molecule has 0 spiro atoms. The molecule has 1 aromatic heterocycles. The van der Waals surface area contributed by atoms with Crippen LogP contribution in [-0.2, 0) is 13.2 Å². The van der Waals surface area contributed by atoms with Crippen molar-refractivity contribution in [3.8, 4) is 5.75 Å². The molecule has 0 unspecified atom stereocenters. The smallest absolute Gasteiger partial charge is 0.130 e. The van der Waals surface area contributed by atoms with E-state index in [1.165, 1.54) is 0 Å². The number of nitrogens with two attached hydrogens (primary N) is 1. The molecule has 0 aliphatic carbocycles. The second kappa shape index (κ2) is 6.77. The van der Waals surface area contributed by atoms with Crippen LogP contribution in [0, 0.1) is 0 Å². The van der Waals surface area contributed by atoms with E-state index >= 15 is 0 Å². The lowest BCUT2D eigenvalue weighted by Gasteiger charge is -2.15. The second-order valence-electron chi connectivity index (χ2n) is 4.84. The van der Waals surface area contributed by atoms with Crippen molar-refractivity contribution < 1.29 is 4.74 Å². The van der Waals surface area contributed by atoms with E-state index in [4.69, 9.17) is 22.1 Å². The molecule has 108 valence electrons. The first-order valence-electron chi connectivity index (χ1n) is 6.78. The van der Waals surface area contributed by atoms with E-state index in [1.54, 1.807) is 0 Å². The molecule has 2 aromatic rings. The third-order valence-electron chi connectivity index (χ3n) is 3.10. The standard InChI is InChI=1S/C15H20ClN3O/c1-3-6-19-10-18-8-13(19)9-20-15-5-4-12(16)7-14(15)11(2)17/h4-5,7-8,10-11H,3,6,9,17H2,1-2H3/t11-/m1/s1. The number of aryl methyl sites for hydroxylation is 1. The summed E-state index contributed by atoms with van der Waals surface area (Å²) in [6.07, 6.45) is 4.73. The summed E-state index contributed by atoms with van der Waals surface area (Å²) in [4.78, 5) is 4.16. The van der Waals surface area contributed by atoms with Gasteiger partial charge in [-0.2, -0.15) is 0 Å². The largest absolute Gasteiger partial charge is 0.487 e. The molecule has 0 saturated carbocycles. The van der Waals surface area contributed by atoms with Gasteiger partial charge >= 0.3 is 0 Å². The van der Waals surface area contributed by atoms with Gasteiger partial charge in [0.2, 0.25) is 0 Å². The Labute approximate surface area is 124 Å². The van der Waals surface area contributed by atoms with E-state index in [1.807, 2.05) is 37.6 Å². The first kappa shape index (κ1) is 14.9. The molecule has 2 rings (SSSR count). The quantitative estimate of drug-likeness (QED) is 0.886. The van der Waals surface area contributed by atoms with E-state index < -0.39 is 0 Å². The highest BCUT2D eigenvalue weighted by atomic mass is 35.5. The van der Waals surface area contributed by atoms with Crippen molar-refractivity contribution in [1.29, 1.82) is 0 Å². The van der Waals surface area contributed by atoms with Gasteiger partial charge in [-0.05, 0) is 31.5 Å². The van der Waals surface area contributed by atoms with Gasteiger partial charge in [0.05, 0.1) is 18.2 Å². The molecule has 0 fully saturated rings. The second-order valence-corrected chi connectivity index (χ2v) is 5.27. The summed E-state index contributed by atoms with van der Waals surface area (Å²) in [6.45, 7) is 5.47. The van der Waals surface area contributed by atoms with E-state index in [0.29, 0.717) is 11.6 Å². The minimum atomic E-state index is -0.121. The first-order valence-corrected chi connectivity index (χ1v) is 7.16. The number of hydrogen-bond donors (Lipinski definition) is 1. The highest BCUT2D eigenvalue weighted by Crippen LogP contribution is 2.27. The lowest BCUT2D eigenvalue weighted by atomic mass is 10.1. The van der Waals surface area contributed by atoms with E-state index in [2.05, 4.69) is 16.5 Å². The van der Waals surface area contributed by atoms with Crippen LogP contribution in [0.2, 0.25) is 5.02 Å². The molecular formula is C15H20ClN3O. The third kappa shape index (κ3) is 3.52. The van der Waals surface area contributed by atoms with Crippen LogP contribution in [0.1, 0.15) is 37.6 Å². The molecule has 4 nitrogen and oxygen atoms in total. The number of nitrogens with zero attached hydrogens (tertiary/aromatic N) is 2. The van der Waals surface area contributed by atoms with Gasteiger partial charge < -0.3 is 15.0 Å². The molecule has 1 atom stereocenters. The van der Waals surface area contributed by atoms with Crippen molar-refractivity contribution in [2.45, 2.75) is 39.5 Å². The molecule has 0 saturated heterocycles. The number of hydrogen-bond acceptors (Lipinski definition) is 3. The van der Waals surface area contributed by atoms with Crippen LogP contribution in [0.5, 0.6) is 5.75 Å². The van der Waals surface area contributed by atoms with Gasteiger partial charge in [-0.25, -0.2) is 4.98 Å². The Balaban J connectivity index is 2.12. The zero-order chi connectivity index (χ0) is 14.5. The molecular weight excluding hydrogens is 274 g/mol. The Morgan fingerprint density at radius 1 is 1.45 bits per heavy atom. The Kier molecular flexibility index (Phi) is 5.04. The maximum absolute atomic E-state index is 6.00. The van der Waals surface area contributed by atoms with Crippen molar-refractivity contribution in [2.24, 2.45) is 5.73 Å². The summed E-state index contributed by atoms with van der Waals surface area (Å²) < 4.78 is 7.98. The topological polar surface area (TPSA) is 53.1 Å². The lowest BCUT2D eigenvalue weighted by molar-refractivity contribution is 0.290. The van der Waals surface area contributed by atoms with Crippen LogP contribution >= 0.6 is 11.6 Å². The number of halogens is 1. The Bertz CT molecular complexity index is 566. The Morgan fingerprint density at radius 2 is 2.25 bits per heavy atom.